The van der Waals surface area contributed by atoms with Gasteiger partial charge in [0.2, 0.25) is 17.5 Å². The number of halogens is 1. The predicted molar refractivity (Wildman–Crippen MR) is 133 cm³/mol. The molecule has 3 aromatic heterocycles. The summed E-state index contributed by atoms with van der Waals surface area (Å²) in [5, 5.41) is 6.56. The molecule has 2 amide bonds. The summed E-state index contributed by atoms with van der Waals surface area (Å²) in [5.74, 6) is -0.272. The lowest BCUT2D eigenvalue weighted by atomic mass is 9.84. The molecule has 2 aliphatic rings. The van der Waals surface area contributed by atoms with Gasteiger partial charge in [-0.2, -0.15) is 0 Å². The monoisotopic (exact) mass is 497 g/mol. The molecule has 0 bridgehead atoms. The van der Waals surface area contributed by atoms with E-state index in [1.165, 1.54) is 32.3 Å². The van der Waals surface area contributed by atoms with Gasteiger partial charge in [-0.25, -0.2) is 9.97 Å². The summed E-state index contributed by atoms with van der Waals surface area (Å²) in [7, 11) is 1.48. The van der Waals surface area contributed by atoms with Crippen LogP contribution in [0.4, 0.5) is 11.5 Å². The van der Waals surface area contributed by atoms with Gasteiger partial charge in [-0.15, -0.1) is 0 Å². The molecule has 0 unspecified atom stereocenters. The Labute approximate surface area is 208 Å². The van der Waals surface area contributed by atoms with Gasteiger partial charge in [0, 0.05) is 30.4 Å². The zero-order valence-electron chi connectivity index (χ0n) is 19.6. The van der Waals surface area contributed by atoms with Crippen molar-refractivity contribution < 1.29 is 18.7 Å². The van der Waals surface area contributed by atoms with Crippen molar-refractivity contribution >= 4 is 45.9 Å². The number of ether oxygens (including phenoxy) is 1. The molecule has 5 rings (SSSR count). The first-order valence-electron chi connectivity index (χ1n) is 12.0. The van der Waals surface area contributed by atoms with Crippen LogP contribution in [0.5, 0.6) is 5.88 Å². The van der Waals surface area contributed by atoms with E-state index in [-0.39, 0.29) is 29.2 Å². The third-order valence-electron chi connectivity index (χ3n) is 6.91. The largest absolute Gasteiger partial charge is 0.480 e. The fraction of sp³-hybridized carbons (Fsp3) is 0.440. The molecule has 0 spiro atoms. The number of rotatable bonds is 6. The van der Waals surface area contributed by atoms with Crippen LogP contribution in [0.3, 0.4) is 0 Å². The molecule has 0 aromatic carbocycles. The van der Waals surface area contributed by atoms with Gasteiger partial charge in [0.15, 0.2) is 0 Å². The minimum absolute atomic E-state index is 0.0397. The lowest BCUT2D eigenvalue weighted by Gasteiger charge is -2.33. The number of nitrogens with one attached hydrogen (secondary N) is 2. The maximum absolute atomic E-state index is 13.3. The number of methoxy groups -OCH3 is 1. The number of carbonyl (C=O) groups is 2. The smallest absolute Gasteiger partial charge is 0.294 e. The average Bonchev–Trinajstić information content (AvgIpc) is 3.54. The minimum atomic E-state index is -0.550. The number of aromatic nitrogens is 2. The van der Waals surface area contributed by atoms with Gasteiger partial charge in [-0.3, -0.25) is 9.59 Å². The van der Waals surface area contributed by atoms with Crippen LogP contribution in [-0.4, -0.2) is 52.9 Å². The summed E-state index contributed by atoms with van der Waals surface area (Å²) < 4.78 is 11.3. The van der Waals surface area contributed by atoms with Gasteiger partial charge in [-0.05, 0) is 63.7 Å². The number of furan rings is 1. The molecule has 0 atom stereocenters. The lowest BCUT2D eigenvalue weighted by Crippen LogP contribution is -2.38. The molecule has 10 heteroatoms. The number of hydrogen-bond acceptors (Lipinski definition) is 7. The Balaban J connectivity index is 1.38. The van der Waals surface area contributed by atoms with Crippen molar-refractivity contribution in [3.05, 3.63) is 41.4 Å². The molecule has 9 nitrogen and oxygen atoms in total. The van der Waals surface area contributed by atoms with Crippen molar-refractivity contribution in [3.63, 3.8) is 0 Å². The number of pyridine rings is 2. The molecular weight excluding hydrogens is 470 g/mol. The van der Waals surface area contributed by atoms with Gasteiger partial charge >= 0.3 is 0 Å². The number of amides is 2. The van der Waals surface area contributed by atoms with Crippen molar-refractivity contribution in [2.75, 3.05) is 30.8 Å². The van der Waals surface area contributed by atoms with E-state index in [0.29, 0.717) is 27.9 Å². The second kappa shape index (κ2) is 10.2. The van der Waals surface area contributed by atoms with Gasteiger partial charge in [0.05, 0.1) is 12.1 Å². The van der Waals surface area contributed by atoms with E-state index in [2.05, 4.69) is 25.5 Å². The molecule has 184 valence electrons. The topological polar surface area (TPSA) is 110 Å². The molecule has 1 aliphatic heterocycles. The molecule has 2 N–H and O–H groups in total. The summed E-state index contributed by atoms with van der Waals surface area (Å²) >= 11 is 5.89. The third kappa shape index (κ3) is 4.97. The maximum atomic E-state index is 13.3. The zero-order valence-corrected chi connectivity index (χ0v) is 20.3. The first-order valence-corrected chi connectivity index (χ1v) is 12.3. The Bertz CT molecular complexity index is 1210. The van der Waals surface area contributed by atoms with Crippen LogP contribution in [0, 0.1) is 5.92 Å². The van der Waals surface area contributed by atoms with E-state index in [1.807, 2.05) is 0 Å². The minimum Gasteiger partial charge on any atom is -0.480 e. The standard InChI is InChI=1S/C25H28ClN5O4/c1-34-25-20-18(10-11-27-25)35-22(24(33)29-19-9-6-16(26)14-28-19)21(20)30-23(32)15-4-7-17(8-5-15)31-12-2-3-13-31/h6,9-11,14-15,17H,2-5,7-8,12-13H2,1H3,(H,30,32)(H,28,29,33)/t15-,17-. The number of fused-ring (bicyclic) bond motifs is 1. The highest BCUT2D eigenvalue weighted by molar-refractivity contribution is 6.30. The highest BCUT2D eigenvalue weighted by Gasteiger charge is 2.32. The SMILES string of the molecule is COc1nccc2oc(C(=O)Nc3ccc(Cl)cn3)c(NC(=O)[C@H]3CC[C@H](N4CCCC4)CC3)c12. The fourth-order valence-corrected chi connectivity index (χ4v) is 5.22. The van der Waals surface area contributed by atoms with Crippen molar-refractivity contribution in [3.8, 4) is 5.88 Å². The summed E-state index contributed by atoms with van der Waals surface area (Å²) in [4.78, 5) is 37.3. The van der Waals surface area contributed by atoms with Crippen LogP contribution in [0.2, 0.25) is 5.02 Å². The highest BCUT2D eigenvalue weighted by atomic mass is 35.5. The Kier molecular flexibility index (Phi) is 6.88. The normalized spacial score (nSPS) is 20.6. The fourth-order valence-electron chi connectivity index (χ4n) is 5.11. The maximum Gasteiger partial charge on any atom is 0.294 e. The molecule has 1 aliphatic carbocycles. The number of carbonyl (C=O) groups excluding carboxylic acids is 2. The Hall–Kier alpha value is -3.17. The second-order valence-corrected chi connectivity index (χ2v) is 9.49. The predicted octanol–water partition coefficient (Wildman–Crippen LogP) is 4.73. The summed E-state index contributed by atoms with van der Waals surface area (Å²) in [6.45, 7) is 2.33. The van der Waals surface area contributed by atoms with E-state index in [1.54, 1.807) is 18.2 Å². The van der Waals surface area contributed by atoms with E-state index in [9.17, 15) is 9.59 Å². The summed E-state index contributed by atoms with van der Waals surface area (Å²) in [6, 6.07) is 5.40. The number of hydrogen-bond donors (Lipinski definition) is 2. The average molecular weight is 498 g/mol. The number of nitrogens with zero attached hydrogens (tertiary/aromatic N) is 3. The molecule has 35 heavy (non-hydrogen) atoms. The van der Waals surface area contributed by atoms with E-state index in [0.717, 1.165) is 38.8 Å². The van der Waals surface area contributed by atoms with E-state index < -0.39 is 5.91 Å². The van der Waals surface area contributed by atoms with Crippen LogP contribution in [0.25, 0.3) is 11.0 Å². The Morgan fingerprint density at radius 3 is 2.54 bits per heavy atom. The van der Waals surface area contributed by atoms with Crippen LogP contribution < -0.4 is 15.4 Å². The van der Waals surface area contributed by atoms with Crippen LogP contribution >= 0.6 is 11.6 Å². The van der Waals surface area contributed by atoms with Gasteiger partial charge < -0.3 is 24.7 Å². The van der Waals surface area contributed by atoms with Crippen molar-refractivity contribution in [2.45, 2.75) is 44.6 Å². The van der Waals surface area contributed by atoms with Crippen molar-refractivity contribution in [1.82, 2.24) is 14.9 Å². The van der Waals surface area contributed by atoms with Crippen LogP contribution in [-0.2, 0) is 4.79 Å². The molecule has 1 saturated carbocycles. The molecule has 3 aromatic rings. The second-order valence-electron chi connectivity index (χ2n) is 9.05. The first-order chi connectivity index (χ1) is 17.0. The molecule has 0 radical (unpaired) electrons. The van der Waals surface area contributed by atoms with Gasteiger partial charge in [0.25, 0.3) is 5.91 Å². The zero-order chi connectivity index (χ0) is 24.4. The Morgan fingerprint density at radius 1 is 1.09 bits per heavy atom. The van der Waals surface area contributed by atoms with Gasteiger partial charge in [0.1, 0.15) is 22.5 Å². The number of anilines is 2. The van der Waals surface area contributed by atoms with E-state index >= 15 is 0 Å². The Morgan fingerprint density at radius 2 is 1.86 bits per heavy atom. The number of likely N-dealkylation sites (tertiary alicyclic amines) is 1. The van der Waals surface area contributed by atoms with Crippen molar-refractivity contribution in [1.29, 1.82) is 0 Å². The highest BCUT2D eigenvalue weighted by Crippen LogP contribution is 2.38. The summed E-state index contributed by atoms with van der Waals surface area (Å²) in [6.07, 6.45) is 9.13. The van der Waals surface area contributed by atoms with Crippen LogP contribution in [0.1, 0.15) is 49.1 Å². The molecule has 2 fully saturated rings. The molecule has 1 saturated heterocycles. The van der Waals surface area contributed by atoms with Gasteiger partial charge in [-0.1, -0.05) is 11.6 Å². The first kappa shape index (κ1) is 23.6. The molecular formula is C25H28ClN5O4. The third-order valence-corrected chi connectivity index (χ3v) is 7.13. The lowest BCUT2D eigenvalue weighted by molar-refractivity contribution is -0.121. The van der Waals surface area contributed by atoms with E-state index in [4.69, 9.17) is 20.8 Å². The summed E-state index contributed by atoms with van der Waals surface area (Å²) in [5.41, 5.74) is 0.641. The molecule has 4 heterocycles. The van der Waals surface area contributed by atoms with Crippen molar-refractivity contribution in [2.24, 2.45) is 5.92 Å². The quantitative estimate of drug-likeness (QED) is 0.506. The van der Waals surface area contributed by atoms with Crippen LogP contribution in [0.15, 0.2) is 35.0 Å².